The molecule has 0 bridgehead atoms. The van der Waals surface area contributed by atoms with Gasteiger partial charge in [0.15, 0.2) is 0 Å². The van der Waals surface area contributed by atoms with Gasteiger partial charge in [-0.15, -0.1) is 0 Å². The van der Waals surface area contributed by atoms with Crippen LogP contribution in [0.25, 0.3) is 22.3 Å². The predicted octanol–water partition coefficient (Wildman–Crippen LogP) is 4.64. The third-order valence-electron chi connectivity index (χ3n) is 6.87. The maximum Gasteiger partial charge on any atom is 0.0950 e. The van der Waals surface area contributed by atoms with E-state index in [1.807, 2.05) is 49.1 Å². The van der Waals surface area contributed by atoms with Crippen molar-refractivity contribution in [1.82, 2.24) is 9.97 Å². The molecule has 0 unspecified atom stereocenters. The van der Waals surface area contributed by atoms with Crippen molar-refractivity contribution >= 4 is 0 Å². The van der Waals surface area contributed by atoms with Gasteiger partial charge in [0.1, 0.15) is 0 Å². The van der Waals surface area contributed by atoms with Gasteiger partial charge in [0.25, 0.3) is 0 Å². The van der Waals surface area contributed by atoms with Gasteiger partial charge in [0.2, 0.25) is 0 Å². The number of rotatable bonds is 4. The van der Waals surface area contributed by atoms with Crippen LogP contribution in [-0.2, 0) is 22.3 Å². The lowest BCUT2D eigenvalue weighted by Crippen LogP contribution is -2.23. The van der Waals surface area contributed by atoms with E-state index in [9.17, 15) is 0 Å². The summed E-state index contributed by atoms with van der Waals surface area (Å²) in [5, 5.41) is 0. The van der Waals surface area contributed by atoms with E-state index >= 15 is 0 Å². The van der Waals surface area contributed by atoms with Crippen LogP contribution in [0.2, 0.25) is 0 Å². The molecule has 2 aromatic carbocycles. The largest absolute Gasteiger partial charge is 0.372 e. The molecule has 4 N–H and O–H groups in total. The standard InChI is InChI=1S/2C15H16N2O/c2*16-10-15-14-3-1-2-12(13(14)6-9-18-15)11-4-7-17-8-5-11/h2*1-5,7-8,15H,6,9-10,16H2/t2*15-/m10/s1. The number of nitrogens with zero attached hydrogens (tertiary/aromatic N) is 2. The van der Waals surface area contributed by atoms with Crippen molar-refractivity contribution in [1.29, 1.82) is 0 Å². The fourth-order valence-electron chi connectivity index (χ4n) is 5.15. The highest BCUT2D eigenvalue weighted by Crippen LogP contribution is 2.35. The molecular weight excluding hydrogens is 448 g/mol. The van der Waals surface area contributed by atoms with Crippen molar-refractivity contribution in [3.05, 3.63) is 108 Å². The Bertz CT molecular complexity index is 1180. The molecule has 0 radical (unpaired) electrons. The third-order valence-corrected chi connectivity index (χ3v) is 6.87. The monoisotopic (exact) mass is 480 g/mol. The molecule has 0 spiro atoms. The summed E-state index contributed by atoms with van der Waals surface area (Å²) in [6.45, 7) is 2.56. The van der Waals surface area contributed by atoms with Gasteiger partial charge in [0.05, 0.1) is 25.4 Å². The number of hydrogen-bond donors (Lipinski definition) is 2. The number of aromatic nitrogens is 2. The van der Waals surface area contributed by atoms with Gasteiger partial charge in [-0.05, 0) is 81.6 Å². The van der Waals surface area contributed by atoms with Crippen molar-refractivity contribution in [3.63, 3.8) is 0 Å². The van der Waals surface area contributed by atoms with Crippen LogP contribution in [0.4, 0.5) is 0 Å². The second kappa shape index (κ2) is 11.5. The Hall–Kier alpha value is -3.42. The lowest BCUT2D eigenvalue weighted by atomic mass is 9.90. The quantitative estimate of drug-likeness (QED) is 0.442. The summed E-state index contributed by atoms with van der Waals surface area (Å²) < 4.78 is 11.4. The number of pyridine rings is 2. The summed E-state index contributed by atoms with van der Waals surface area (Å²) >= 11 is 0. The molecule has 2 aliphatic heterocycles. The first-order valence-electron chi connectivity index (χ1n) is 12.5. The van der Waals surface area contributed by atoms with Crippen LogP contribution in [-0.4, -0.2) is 36.3 Å². The van der Waals surface area contributed by atoms with Gasteiger partial charge in [0, 0.05) is 37.9 Å². The van der Waals surface area contributed by atoms with Gasteiger partial charge in [-0.3, -0.25) is 9.97 Å². The Morgan fingerprint density at radius 2 is 1.03 bits per heavy atom. The molecule has 4 heterocycles. The number of benzene rings is 2. The van der Waals surface area contributed by atoms with Crippen molar-refractivity contribution in [3.8, 4) is 22.3 Å². The normalized spacial score (nSPS) is 18.4. The van der Waals surface area contributed by atoms with E-state index in [1.165, 1.54) is 44.5 Å². The van der Waals surface area contributed by atoms with E-state index in [4.69, 9.17) is 20.9 Å². The Morgan fingerprint density at radius 3 is 1.42 bits per heavy atom. The van der Waals surface area contributed by atoms with Crippen LogP contribution < -0.4 is 11.5 Å². The fourth-order valence-corrected chi connectivity index (χ4v) is 5.15. The Morgan fingerprint density at radius 1 is 0.611 bits per heavy atom. The SMILES string of the molecule is NC[C@@H]1OCCc2c(-c3ccncc3)cccc21.NC[C@H]1OCCc2c(-c3ccncc3)cccc21. The van der Waals surface area contributed by atoms with E-state index in [2.05, 4.69) is 46.4 Å². The lowest BCUT2D eigenvalue weighted by molar-refractivity contribution is 0.0486. The number of hydrogen-bond acceptors (Lipinski definition) is 6. The van der Waals surface area contributed by atoms with E-state index in [0.717, 1.165) is 26.1 Å². The lowest BCUT2D eigenvalue weighted by Gasteiger charge is -2.27. The zero-order valence-corrected chi connectivity index (χ0v) is 20.3. The van der Waals surface area contributed by atoms with Crippen LogP contribution in [0.1, 0.15) is 34.5 Å². The molecule has 0 fully saturated rings. The van der Waals surface area contributed by atoms with Gasteiger partial charge < -0.3 is 20.9 Å². The average molecular weight is 481 g/mol. The fraction of sp³-hybridized carbons (Fsp3) is 0.267. The van der Waals surface area contributed by atoms with Gasteiger partial charge >= 0.3 is 0 Å². The first-order valence-corrected chi connectivity index (χ1v) is 12.5. The molecule has 184 valence electrons. The van der Waals surface area contributed by atoms with Gasteiger partial charge in [-0.25, -0.2) is 0 Å². The Kier molecular flexibility index (Phi) is 7.79. The minimum absolute atomic E-state index is 0.0375. The highest BCUT2D eigenvalue weighted by Gasteiger charge is 2.23. The summed E-state index contributed by atoms with van der Waals surface area (Å²) in [6, 6.07) is 20.9. The predicted molar refractivity (Wildman–Crippen MR) is 142 cm³/mol. The molecule has 2 aromatic heterocycles. The maximum absolute atomic E-state index is 5.77. The molecule has 4 aromatic rings. The molecule has 0 aliphatic carbocycles. The van der Waals surface area contributed by atoms with Crippen LogP contribution in [0.3, 0.4) is 0 Å². The second-order valence-electron chi connectivity index (χ2n) is 8.91. The second-order valence-corrected chi connectivity index (χ2v) is 8.91. The summed E-state index contributed by atoms with van der Waals surface area (Å²) in [6.07, 6.45) is 9.28. The van der Waals surface area contributed by atoms with Gasteiger partial charge in [-0.1, -0.05) is 36.4 Å². The average Bonchev–Trinajstić information content (AvgIpc) is 2.97. The van der Waals surface area contributed by atoms with Gasteiger partial charge in [-0.2, -0.15) is 0 Å². The Labute approximate surface area is 212 Å². The molecule has 6 nitrogen and oxygen atoms in total. The van der Waals surface area contributed by atoms with Crippen molar-refractivity contribution < 1.29 is 9.47 Å². The highest BCUT2D eigenvalue weighted by atomic mass is 16.5. The molecule has 0 amide bonds. The first-order chi connectivity index (χ1) is 17.8. The topological polar surface area (TPSA) is 96.3 Å². The summed E-state index contributed by atoms with van der Waals surface area (Å²) in [5.74, 6) is 0. The van der Waals surface area contributed by atoms with E-state index < -0.39 is 0 Å². The molecule has 0 saturated carbocycles. The Balaban J connectivity index is 0.000000148. The van der Waals surface area contributed by atoms with Crippen molar-refractivity contribution in [2.75, 3.05) is 26.3 Å². The van der Waals surface area contributed by atoms with Crippen LogP contribution in [0, 0.1) is 0 Å². The van der Waals surface area contributed by atoms with E-state index in [0.29, 0.717) is 13.1 Å². The smallest absolute Gasteiger partial charge is 0.0950 e. The number of ether oxygens (including phenoxy) is 2. The van der Waals surface area contributed by atoms with E-state index in [1.54, 1.807) is 0 Å². The van der Waals surface area contributed by atoms with Crippen LogP contribution in [0.15, 0.2) is 85.5 Å². The third kappa shape index (κ3) is 5.08. The minimum Gasteiger partial charge on any atom is -0.372 e. The van der Waals surface area contributed by atoms with Crippen LogP contribution >= 0.6 is 0 Å². The van der Waals surface area contributed by atoms with Crippen molar-refractivity contribution in [2.24, 2.45) is 11.5 Å². The number of fused-ring (bicyclic) bond motifs is 2. The van der Waals surface area contributed by atoms with Crippen molar-refractivity contribution in [2.45, 2.75) is 25.0 Å². The zero-order chi connectivity index (χ0) is 24.7. The molecular formula is C30H32N4O2. The zero-order valence-electron chi connectivity index (χ0n) is 20.3. The molecule has 6 rings (SSSR count). The highest BCUT2D eigenvalue weighted by molar-refractivity contribution is 5.70. The summed E-state index contributed by atoms with van der Waals surface area (Å²) in [4.78, 5) is 8.14. The molecule has 0 saturated heterocycles. The minimum atomic E-state index is 0.0375. The maximum atomic E-state index is 5.77. The van der Waals surface area contributed by atoms with E-state index in [-0.39, 0.29) is 12.2 Å². The number of nitrogens with two attached hydrogens (primary N) is 2. The molecule has 2 aliphatic rings. The summed E-state index contributed by atoms with van der Waals surface area (Å²) in [7, 11) is 0. The van der Waals surface area contributed by atoms with Crippen LogP contribution in [0.5, 0.6) is 0 Å². The first kappa shape index (κ1) is 24.3. The molecule has 6 heteroatoms. The summed E-state index contributed by atoms with van der Waals surface area (Å²) in [5.41, 5.74) is 21.7. The molecule has 2 atom stereocenters. The molecule has 36 heavy (non-hydrogen) atoms.